The normalized spacial score (nSPS) is 14.3. The summed E-state index contributed by atoms with van der Waals surface area (Å²) in [6, 6.07) is 0. The molecule has 23 heavy (non-hydrogen) atoms. The Kier molecular flexibility index (Phi) is 12.8. The van der Waals surface area contributed by atoms with Gasteiger partial charge >= 0.3 is 5.97 Å². The van der Waals surface area contributed by atoms with E-state index in [1.165, 1.54) is 19.3 Å². The maximum absolute atomic E-state index is 11.5. The minimum atomic E-state index is -0.242. The minimum absolute atomic E-state index is 0.242. The highest BCUT2D eigenvalue weighted by Gasteiger charge is 2.15. The third kappa shape index (κ3) is 13.8. The van der Waals surface area contributed by atoms with Crippen LogP contribution in [0, 0.1) is 5.92 Å². The van der Waals surface area contributed by atoms with E-state index in [4.69, 9.17) is 4.74 Å². The van der Waals surface area contributed by atoms with Gasteiger partial charge in [-0.15, -0.1) is 0 Å². The van der Waals surface area contributed by atoms with Crippen LogP contribution in [0.4, 0.5) is 0 Å². The van der Waals surface area contributed by atoms with Crippen LogP contribution < -0.4 is 0 Å². The lowest BCUT2D eigenvalue weighted by Gasteiger charge is -2.22. The number of carbonyl (C=O) groups is 1. The second-order valence-electron chi connectivity index (χ2n) is 6.65. The van der Waals surface area contributed by atoms with Gasteiger partial charge in [-0.25, -0.2) is 4.79 Å². The molecule has 0 bridgehead atoms. The number of rotatable bonds is 12. The summed E-state index contributed by atoms with van der Waals surface area (Å²) < 4.78 is 5.50. The lowest BCUT2D eigenvalue weighted by Crippen LogP contribution is -2.13. The van der Waals surface area contributed by atoms with Gasteiger partial charge in [-0.2, -0.15) is 23.5 Å². The van der Waals surface area contributed by atoms with Crippen LogP contribution in [0.3, 0.4) is 0 Å². The molecule has 0 saturated carbocycles. The molecule has 1 unspecified atom stereocenters. The van der Waals surface area contributed by atoms with Gasteiger partial charge in [-0.05, 0) is 43.8 Å². The fourth-order valence-corrected chi connectivity index (χ4v) is 2.68. The summed E-state index contributed by atoms with van der Waals surface area (Å²) in [6.45, 7) is 9.35. The van der Waals surface area contributed by atoms with Crippen molar-refractivity contribution in [1.82, 2.24) is 0 Å². The first-order chi connectivity index (χ1) is 10.8. The van der Waals surface area contributed by atoms with E-state index in [2.05, 4.69) is 33.1 Å². The van der Waals surface area contributed by atoms with E-state index >= 15 is 0 Å². The SMILES string of the molecule is CSCCOC(=O)C=C(C)C=CCC(C)CCCC(C)(C)SC. The lowest BCUT2D eigenvalue weighted by molar-refractivity contribution is -0.137. The van der Waals surface area contributed by atoms with Crippen molar-refractivity contribution in [3.63, 3.8) is 0 Å². The van der Waals surface area contributed by atoms with E-state index in [-0.39, 0.29) is 5.97 Å². The Labute approximate surface area is 151 Å². The average molecular weight is 359 g/mol. The van der Waals surface area contributed by atoms with E-state index in [0.717, 1.165) is 17.7 Å². The number of hydrogen-bond donors (Lipinski definition) is 0. The Bertz CT molecular complexity index is 387. The smallest absolute Gasteiger partial charge is 0.331 e. The average Bonchev–Trinajstić information content (AvgIpc) is 2.47. The van der Waals surface area contributed by atoms with Crippen LogP contribution in [0.25, 0.3) is 0 Å². The van der Waals surface area contributed by atoms with Crippen molar-refractivity contribution in [3.05, 3.63) is 23.8 Å². The van der Waals surface area contributed by atoms with E-state index in [1.807, 2.05) is 31.0 Å². The molecule has 0 N–H and O–H groups in total. The lowest BCUT2D eigenvalue weighted by atomic mass is 9.96. The zero-order valence-corrected chi connectivity index (χ0v) is 17.3. The molecule has 0 aromatic carbocycles. The van der Waals surface area contributed by atoms with Crippen LogP contribution in [0.15, 0.2) is 23.8 Å². The van der Waals surface area contributed by atoms with Crippen LogP contribution in [-0.4, -0.2) is 35.6 Å². The van der Waals surface area contributed by atoms with Crippen molar-refractivity contribution < 1.29 is 9.53 Å². The Morgan fingerprint density at radius 3 is 2.61 bits per heavy atom. The summed E-state index contributed by atoms with van der Waals surface area (Å²) in [4.78, 5) is 11.5. The van der Waals surface area contributed by atoms with Gasteiger partial charge in [0.25, 0.3) is 0 Å². The number of hydrogen-bond acceptors (Lipinski definition) is 4. The zero-order valence-electron chi connectivity index (χ0n) is 15.7. The summed E-state index contributed by atoms with van der Waals surface area (Å²) in [6.07, 6.45) is 14.8. The highest BCUT2D eigenvalue weighted by Crippen LogP contribution is 2.28. The van der Waals surface area contributed by atoms with Crippen LogP contribution in [0.5, 0.6) is 0 Å². The molecule has 134 valence electrons. The molecule has 0 heterocycles. The van der Waals surface area contributed by atoms with Gasteiger partial charge in [-0.3, -0.25) is 0 Å². The zero-order chi connectivity index (χ0) is 17.7. The number of allylic oxidation sites excluding steroid dienone is 3. The van der Waals surface area contributed by atoms with E-state index in [9.17, 15) is 4.79 Å². The summed E-state index contributed by atoms with van der Waals surface area (Å²) in [5.41, 5.74) is 0.954. The molecule has 0 aliphatic rings. The highest BCUT2D eigenvalue weighted by atomic mass is 32.2. The largest absolute Gasteiger partial charge is 0.462 e. The molecule has 0 rings (SSSR count). The van der Waals surface area contributed by atoms with E-state index in [0.29, 0.717) is 17.3 Å². The summed E-state index contributed by atoms with van der Waals surface area (Å²) in [7, 11) is 0. The van der Waals surface area contributed by atoms with E-state index < -0.39 is 0 Å². The number of thioether (sulfide) groups is 2. The van der Waals surface area contributed by atoms with E-state index in [1.54, 1.807) is 17.8 Å². The van der Waals surface area contributed by atoms with Gasteiger partial charge in [0.2, 0.25) is 0 Å². The van der Waals surface area contributed by atoms with Crippen molar-refractivity contribution in [2.75, 3.05) is 24.9 Å². The first kappa shape index (κ1) is 22.6. The molecule has 0 aromatic heterocycles. The molecule has 0 spiro atoms. The van der Waals surface area contributed by atoms with Crippen molar-refractivity contribution in [3.8, 4) is 0 Å². The van der Waals surface area contributed by atoms with Gasteiger partial charge in [0.1, 0.15) is 6.61 Å². The molecule has 0 amide bonds. The predicted molar refractivity (Wildman–Crippen MR) is 107 cm³/mol. The molecule has 0 saturated heterocycles. The Hall–Kier alpha value is -0.350. The van der Waals surface area contributed by atoms with Crippen LogP contribution in [0.1, 0.15) is 53.4 Å². The van der Waals surface area contributed by atoms with Crippen molar-refractivity contribution in [2.24, 2.45) is 5.92 Å². The molecule has 0 aliphatic heterocycles. The quantitative estimate of drug-likeness (QED) is 0.192. The van der Waals surface area contributed by atoms with Crippen LogP contribution in [-0.2, 0) is 9.53 Å². The molecule has 4 heteroatoms. The van der Waals surface area contributed by atoms with Crippen molar-refractivity contribution in [1.29, 1.82) is 0 Å². The first-order valence-electron chi connectivity index (χ1n) is 8.36. The molecule has 2 nitrogen and oxygen atoms in total. The van der Waals surface area contributed by atoms with Crippen molar-refractivity contribution >= 4 is 29.5 Å². The van der Waals surface area contributed by atoms with Crippen LogP contribution >= 0.6 is 23.5 Å². The summed E-state index contributed by atoms with van der Waals surface area (Å²) in [5, 5.41) is 0. The number of carbonyl (C=O) groups excluding carboxylic acids is 1. The van der Waals surface area contributed by atoms with Gasteiger partial charge in [-0.1, -0.05) is 45.8 Å². The minimum Gasteiger partial charge on any atom is -0.462 e. The Morgan fingerprint density at radius 1 is 1.30 bits per heavy atom. The third-order valence-corrected chi connectivity index (χ3v) is 5.71. The monoisotopic (exact) mass is 358 g/mol. The van der Waals surface area contributed by atoms with Gasteiger partial charge in [0.05, 0.1) is 0 Å². The maximum atomic E-state index is 11.5. The molecule has 0 aliphatic carbocycles. The van der Waals surface area contributed by atoms with Gasteiger partial charge < -0.3 is 4.74 Å². The fraction of sp³-hybridized carbons (Fsp3) is 0.737. The number of esters is 1. The molecule has 0 radical (unpaired) electrons. The van der Waals surface area contributed by atoms with Gasteiger partial charge in [0.15, 0.2) is 0 Å². The maximum Gasteiger partial charge on any atom is 0.331 e. The Balaban J connectivity index is 3.99. The van der Waals surface area contributed by atoms with Crippen LogP contribution in [0.2, 0.25) is 0 Å². The fourth-order valence-electron chi connectivity index (χ4n) is 2.08. The molecular formula is C19H34O2S2. The van der Waals surface area contributed by atoms with Crippen molar-refractivity contribution in [2.45, 2.75) is 58.1 Å². The topological polar surface area (TPSA) is 26.3 Å². The first-order valence-corrected chi connectivity index (χ1v) is 11.0. The number of ether oxygens (including phenoxy) is 1. The Morgan fingerprint density at radius 2 is 2.00 bits per heavy atom. The second kappa shape index (κ2) is 13.0. The molecule has 1 atom stereocenters. The summed E-state index contributed by atoms with van der Waals surface area (Å²) >= 11 is 3.62. The predicted octanol–water partition coefficient (Wildman–Crippen LogP) is 5.73. The second-order valence-corrected chi connectivity index (χ2v) is 9.15. The molecule has 0 fully saturated rings. The third-order valence-electron chi connectivity index (χ3n) is 3.82. The summed E-state index contributed by atoms with van der Waals surface area (Å²) in [5.74, 6) is 1.29. The molecule has 0 aromatic rings. The van der Waals surface area contributed by atoms with Gasteiger partial charge in [0, 0.05) is 16.6 Å². The standard InChI is InChI=1S/C19H34O2S2/c1-16(11-8-12-19(3,4)23-6)9-7-10-17(2)15-18(20)21-13-14-22-5/h7,10,15-16H,8-9,11-14H2,1-6H3. The molecular weight excluding hydrogens is 324 g/mol. The highest BCUT2D eigenvalue weighted by molar-refractivity contribution is 7.99.